The minimum atomic E-state index is 0.289. The molecule has 1 aromatic carbocycles. The van der Waals surface area contributed by atoms with Crippen molar-refractivity contribution in [3.8, 4) is 11.5 Å². The van der Waals surface area contributed by atoms with E-state index in [0.717, 1.165) is 24.4 Å². The van der Waals surface area contributed by atoms with Crippen molar-refractivity contribution >= 4 is 0 Å². The molecule has 0 aliphatic carbocycles. The van der Waals surface area contributed by atoms with Crippen LogP contribution in [0.4, 0.5) is 0 Å². The van der Waals surface area contributed by atoms with Crippen molar-refractivity contribution in [2.24, 2.45) is 0 Å². The first kappa shape index (κ1) is 10.5. The Kier molecular flexibility index (Phi) is 2.65. The zero-order valence-corrected chi connectivity index (χ0v) is 9.72. The molecule has 88 valence electrons. The van der Waals surface area contributed by atoms with Crippen molar-refractivity contribution in [3.05, 3.63) is 35.7 Å². The molecular formula is C13H14N2O2. The van der Waals surface area contributed by atoms with Crippen LogP contribution in [0.15, 0.2) is 28.8 Å². The molecule has 1 aliphatic heterocycles. The molecule has 2 aromatic rings. The van der Waals surface area contributed by atoms with E-state index in [-0.39, 0.29) is 5.92 Å². The fraction of sp³-hybridized carbons (Fsp3) is 0.385. The van der Waals surface area contributed by atoms with Gasteiger partial charge in [-0.3, -0.25) is 0 Å². The second-order valence-electron chi connectivity index (χ2n) is 4.39. The summed E-state index contributed by atoms with van der Waals surface area (Å²) in [6, 6.07) is 8.07. The second kappa shape index (κ2) is 4.30. The molecule has 1 unspecified atom stereocenters. The summed E-state index contributed by atoms with van der Waals surface area (Å²) in [5, 5.41) is 4.04. The number of nitrogens with zero attached hydrogens (tertiary/aromatic N) is 2. The Bertz CT molecular complexity index is 516. The molecule has 0 radical (unpaired) electrons. The Labute approximate surface area is 99.6 Å². The van der Waals surface area contributed by atoms with Gasteiger partial charge in [-0.15, -0.1) is 0 Å². The van der Waals surface area contributed by atoms with E-state index in [4.69, 9.17) is 9.26 Å². The van der Waals surface area contributed by atoms with Gasteiger partial charge >= 0.3 is 0 Å². The third kappa shape index (κ3) is 2.08. The number of benzene rings is 1. The Morgan fingerprint density at radius 2 is 2.29 bits per heavy atom. The van der Waals surface area contributed by atoms with Crippen LogP contribution in [0.25, 0.3) is 11.5 Å². The fourth-order valence-corrected chi connectivity index (χ4v) is 2.03. The first-order valence-corrected chi connectivity index (χ1v) is 5.81. The molecule has 4 heteroatoms. The van der Waals surface area contributed by atoms with Crippen molar-refractivity contribution < 1.29 is 9.26 Å². The average molecular weight is 230 g/mol. The van der Waals surface area contributed by atoms with Gasteiger partial charge in [0.2, 0.25) is 0 Å². The maximum atomic E-state index is 5.32. The lowest BCUT2D eigenvalue weighted by molar-refractivity contribution is 0.192. The van der Waals surface area contributed by atoms with E-state index in [9.17, 15) is 0 Å². The number of hydrogen-bond donors (Lipinski definition) is 0. The quantitative estimate of drug-likeness (QED) is 0.795. The molecule has 0 spiro atoms. The summed E-state index contributed by atoms with van der Waals surface area (Å²) in [6.07, 6.45) is 0.979. The largest absolute Gasteiger partial charge is 0.381 e. The number of rotatable bonds is 2. The Morgan fingerprint density at radius 3 is 3.06 bits per heavy atom. The van der Waals surface area contributed by atoms with Gasteiger partial charge in [-0.05, 0) is 25.5 Å². The monoisotopic (exact) mass is 230 g/mol. The molecule has 2 heterocycles. The molecule has 3 rings (SSSR count). The van der Waals surface area contributed by atoms with E-state index in [1.54, 1.807) is 0 Å². The lowest BCUT2D eigenvalue weighted by atomic mass is 10.1. The van der Waals surface area contributed by atoms with Crippen molar-refractivity contribution in [1.82, 2.24) is 10.1 Å². The van der Waals surface area contributed by atoms with Crippen LogP contribution in [-0.4, -0.2) is 23.4 Å². The molecule has 17 heavy (non-hydrogen) atoms. The molecule has 1 fully saturated rings. The third-order valence-corrected chi connectivity index (χ3v) is 3.00. The molecular weight excluding hydrogens is 216 g/mol. The minimum Gasteiger partial charge on any atom is -0.381 e. The van der Waals surface area contributed by atoms with Crippen LogP contribution >= 0.6 is 0 Å². The van der Waals surface area contributed by atoms with Gasteiger partial charge in [0.15, 0.2) is 5.82 Å². The molecule has 1 saturated heterocycles. The molecule has 1 aromatic heterocycles. The summed E-state index contributed by atoms with van der Waals surface area (Å²) < 4.78 is 10.6. The van der Waals surface area contributed by atoms with Gasteiger partial charge in [0, 0.05) is 18.1 Å². The minimum absolute atomic E-state index is 0.289. The van der Waals surface area contributed by atoms with Gasteiger partial charge in [-0.1, -0.05) is 22.9 Å². The van der Waals surface area contributed by atoms with Crippen molar-refractivity contribution in [3.63, 3.8) is 0 Å². The second-order valence-corrected chi connectivity index (χ2v) is 4.39. The summed E-state index contributed by atoms with van der Waals surface area (Å²) in [5.41, 5.74) is 2.16. The van der Waals surface area contributed by atoms with E-state index < -0.39 is 0 Å². The van der Waals surface area contributed by atoms with Crippen LogP contribution in [0.3, 0.4) is 0 Å². The maximum absolute atomic E-state index is 5.32. The summed E-state index contributed by atoms with van der Waals surface area (Å²) in [5.74, 6) is 1.65. The lowest BCUT2D eigenvalue weighted by Gasteiger charge is -1.98. The van der Waals surface area contributed by atoms with Gasteiger partial charge in [0.25, 0.3) is 5.89 Å². The highest BCUT2D eigenvalue weighted by atomic mass is 16.5. The molecule has 0 bridgehead atoms. The predicted molar refractivity (Wildman–Crippen MR) is 62.6 cm³/mol. The van der Waals surface area contributed by atoms with E-state index in [1.807, 2.05) is 31.2 Å². The van der Waals surface area contributed by atoms with Crippen molar-refractivity contribution in [2.75, 3.05) is 13.2 Å². The molecule has 0 amide bonds. The highest BCUT2D eigenvalue weighted by molar-refractivity contribution is 5.53. The fourth-order valence-electron chi connectivity index (χ4n) is 2.03. The average Bonchev–Trinajstić information content (AvgIpc) is 3.00. The highest BCUT2D eigenvalue weighted by Crippen LogP contribution is 2.25. The van der Waals surface area contributed by atoms with E-state index in [0.29, 0.717) is 12.5 Å². The van der Waals surface area contributed by atoms with Gasteiger partial charge in [0.1, 0.15) is 0 Å². The maximum Gasteiger partial charge on any atom is 0.257 e. The first-order valence-electron chi connectivity index (χ1n) is 5.81. The number of aryl methyl sites for hydroxylation is 1. The molecule has 0 N–H and O–H groups in total. The van der Waals surface area contributed by atoms with E-state index in [1.165, 1.54) is 5.56 Å². The molecule has 4 nitrogen and oxygen atoms in total. The van der Waals surface area contributed by atoms with Crippen LogP contribution in [0.2, 0.25) is 0 Å². The zero-order valence-electron chi connectivity index (χ0n) is 9.72. The van der Waals surface area contributed by atoms with E-state index in [2.05, 4.69) is 10.1 Å². The SMILES string of the molecule is Cc1cccc(-c2nc(C3CCOC3)no2)c1. The van der Waals surface area contributed by atoms with Gasteiger partial charge < -0.3 is 9.26 Å². The topological polar surface area (TPSA) is 48.2 Å². The normalized spacial score (nSPS) is 19.7. The Hall–Kier alpha value is -1.68. The van der Waals surface area contributed by atoms with Crippen LogP contribution < -0.4 is 0 Å². The van der Waals surface area contributed by atoms with Gasteiger partial charge in [-0.2, -0.15) is 4.98 Å². The van der Waals surface area contributed by atoms with Gasteiger partial charge in [-0.25, -0.2) is 0 Å². The Morgan fingerprint density at radius 1 is 1.35 bits per heavy atom. The molecule has 0 saturated carbocycles. The number of ether oxygens (including phenoxy) is 1. The first-order chi connectivity index (χ1) is 8.33. The highest BCUT2D eigenvalue weighted by Gasteiger charge is 2.23. The van der Waals surface area contributed by atoms with Crippen LogP contribution in [0.5, 0.6) is 0 Å². The van der Waals surface area contributed by atoms with Crippen molar-refractivity contribution in [1.29, 1.82) is 0 Å². The summed E-state index contributed by atoms with van der Waals surface area (Å²) in [7, 11) is 0. The predicted octanol–water partition coefficient (Wildman–Crippen LogP) is 2.55. The van der Waals surface area contributed by atoms with Crippen LogP contribution in [0, 0.1) is 6.92 Å². The number of aromatic nitrogens is 2. The smallest absolute Gasteiger partial charge is 0.257 e. The summed E-state index contributed by atoms with van der Waals surface area (Å²) in [4.78, 5) is 4.45. The summed E-state index contributed by atoms with van der Waals surface area (Å²) >= 11 is 0. The zero-order chi connectivity index (χ0) is 11.7. The van der Waals surface area contributed by atoms with Crippen LogP contribution in [-0.2, 0) is 4.74 Å². The van der Waals surface area contributed by atoms with Gasteiger partial charge in [0.05, 0.1) is 6.61 Å². The molecule has 1 atom stereocenters. The Balaban J connectivity index is 1.89. The third-order valence-electron chi connectivity index (χ3n) is 3.00. The summed E-state index contributed by atoms with van der Waals surface area (Å²) in [6.45, 7) is 3.54. The van der Waals surface area contributed by atoms with Crippen molar-refractivity contribution in [2.45, 2.75) is 19.3 Å². The standard InChI is InChI=1S/C13H14N2O2/c1-9-3-2-4-10(7-9)13-14-12(15-17-13)11-5-6-16-8-11/h2-4,7,11H,5-6,8H2,1H3. The van der Waals surface area contributed by atoms with E-state index >= 15 is 0 Å². The molecule has 1 aliphatic rings. The number of hydrogen-bond acceptors (Lipinski definition) is 4. The lowest BCUT2D eigenvalue weighted by Crippen LogP contribution is -1.99. The van der Waals surface area contributed by atoms with Crippen LogP contribution in [0.1, 0.15) is 23.7 Å².